The molecule has 0 fully saturated rings. The lowest BCUT2D eigenvalue weighted by Crippen LogP contribution is -2.20. The van der Waals surface area contributed by atoms with Gasteiger partial charge >= 0.3 is 0 Å². The second-order valence-corrected chi connectivity index (χ2v) is 4.20. The van der Waals surface area contributed by atoms with E-state index in [4.69, 9.17) is 5.73 Å². The Morgan fingerprint density at radius 3 is 2.79 bits per heavy atom. The predicted octanol–water partition coefficient (Wildman–Crippen LogP) is 2.26. The lowest BCUT2D eigenvalue weighted by atomic mass is 9.82. The fourth-order valence-corrected chi connectivity index (χ4v) is 1.85. The molecule has 74 valence electrons. The molecule has 0 spiro atoms. The summed E-state index contributed by atoms with van der Waals surface area (Å²) in [5.41, 5.74) is 7.04. The van der Waals surface area contributed by atoms with Crippen LogP contribution in [0.25, 0.3) is 0 Å². The van der Waals surface area contributed by atoms with Gasteiger partial charge in [-0.3, -0.25) is 0 Å². The normalized spacial score (nSPS) is 29.9. The number of nitrogens with zero attached hydrogens (tertiary/aromatic N) is 1. The molecule has 2 unspecified atom stereocenters. The van der Waals surface area contributed by atoms with Crippen LogP contribution in [0.3, 0.4) is 0 Å². The lowest BCUT2D eigenvalue weighted by Gasteiger charge is -2.24. The molecular formula is C12H16N2. The SMILES string of the molecule is CC(C)C1=CC2C=NC(N)=CC2C=C1. The molecule has 14 heavy (non-hydrogen) atoms. The maximum absolute atomic E-state index is 5.64. The molecular weight excluding hydrogens is 172 g/mol. The summed E-state index contributed by atoms with van der Waals surface area (Å²) < 4.78 is 0. The minimum atomic E-state index is 0.407. The average molecular weight is 188 g/mol. The fraction of sp³-hybridized carbons (Fsp3) is 0.417. The minimum Gasteiger partial charge on any atom is -0.384 e. The number of hydrogen-bond donors (Lipinski definition) is 1. The molecule has 0 saturated heterocycles. The smallest absolute Gasteiger partial charge is 0.119 e. The van der Waals surface area contributed by atoms with Crippen molar-refractivity contribution >= 4 is 6.21 Å². The van der Waals surface area contributed by atoms with Crippen LogP contribution in [0, 0.1) is 17.8 Å². The van der Waals surface area contributed by atoms with Gasteiger partial charge in [0.15, 0.2) is 0 Å². The Balaban J connectivity index is 2.23. The Kier molecular flexibility index (Phi) is 2.28. The Bertz CT molecular complexity index is 345. The quantitative estimate of drug-likeness (QED) is 0.673. The van der Waals surface area contributed by atoms with E-state index in [-0.39, 0.29) is 0 Å². The highest BCUT2D eigenvalue weighted by atomic mass is 14.9. The molecule has 0 aromatic carbocycles. The topological polar surface area (TPSA) is 38.4 Å². The second-order valence-electron chi connectivity index (χ2n) is 4.20. The molecule has 0 aromatic heterocycles. The molecule has 2 aliphatic rings. The highest BCUT2D eigenvalue weighted by Crippen LogP contribution is 2.28. The van der Waals surface area contributed by atoms with Crippen molar-refractivity contribution in [1.29, 1.82) is 0 Å². The van der Waals surface area contributed by atoms with Gasteiger partial charge in [0.05, 0.1) is 0 Å². The van der Waals surface area contributed by atoms with E-state index in [0.717, 1.165) is 0 Å². The molecule has 1 heterocycles. The van der Waals surface area contributed by atoms with Crippen LogP contribution in [0.4, 0.5) is 0 Å². The molecule has 0 saturated carbocycles. The van der Waals surface area contributed by atoms with Crippen LogP contribution in [0.2, 0.25) is 0 Å². The van der Waals surface area contributed by atoms with Gasteiger partial charge < -0.3 is 5.73 Å². The monoisotopic (exact) mass is 188 g/mol. The third-order valence-corrected chi connectivity index (χ3v) is 2.77. The first-order valence-corrected chi connectivity index (χ1v) is 5.08. The molecule has 0 radical (unpaired) electrons. The highest BCUT2D eigenvalue weighted by Gasteiger charge is 2.21. The first kappa shape index (κ1) is 9.25. The molecule has 2 heteroatoms. The molecule has 2 atom stereocenters. The second kappa shape index (κ2) is 3.45. The maximum Gasteiger partial charge on any atom is 0.119 e. The van der Waals surface area contributed by atoms with Gasteiger partial charge in [-0.2, -0.15) is 0 Å². The Labute approximate surface area is 84.9 Å². The molecule has 1 aliphatic carbocycles. The molecule has 2 nitrogen and oxygen atoms in total. The van der Waals surface area contributed by atoms with Gasteiger partial charge in [0, 0.05) is 18.1 Å². The van der Waals surface area contributed by atoms with Crippen LogP contribution in [-0.4, -0.2) is 6.21 Å². The highest BCUT2D eigenvalue weighted by molar-refractivity contribution is 5.69. The summed E-state index contributed by atoms with van der Waals surface area (Å²) in [6.07, 6.45) is 10.7. The zero-order valence-corrected chi connectivity index (χ0v) is 8.64. The third kappa shape index (κ3) is 1.65. The first-order valence-electron chi connectivity index (χ1n) is 5.08. The van der Waals surface area contributed by atoms with E-state index in [1.165, 1.54) is 5.57 Å². The van der Waals surface area contributed by atoms with Gasteiger partial charge in [-0.15, -0.1) is 0 Å². The number of nitrogens with two attached hydrogens (primary N) is 1. The van der Waals surface area contributed by atoms with Gasteiger partial charge in [0.2, 0.25) is 0 Å². The maximum atomic E-state index is 5.64. The zero-order chi connectivity index (χ0) is 10.1. The van der Waals surface area contributed by atoms with E-state index in [2.05, 4.69) is 37.1 Å². The molecule has 0 aromatic rings. The fourth-order valence-electron chi connectivity index (χ4n) is 1.85. The van der Waals surface area contributed by atoms with Gasteiger partial charge in [-0.25, -0.2) is 4.99 Å². The average Bonchev–Trinajstić information content (AvgIpc) is 2.16. The van der Waals surface area contributed by atoms with E-state index in [0.29, 0.717) is 23.6 Å². The lowest BCUT2D eigenvalue weighted by molar-refractivity contribution is 0.662. The number of rotatable bonds is 1. The minimum absolute atomic E-state index is 0.407. The van der Waals surface area contributed by atoms with E-state index in [1.54, 1.807) is 0 Å². The summed E-state index contributed by atoms with van der Waals surface area (Å²) in [4.78, 5) is 4.14. The van der Waals surface area contributed by atoms with Crippen LogP contribution in [0.1, 0.15) is 13.8 Å². The zero-order valence-electron chi connectivity index (χ0n) is 8.64. The number of allylic oxidation sites excluding steroid dienone is 5. The summed E-state index contributed by atoms with van der Waals surface area (Å²) in [6, 6.07) is 0. The van der Waals surface area contributed by atoms with Crippen LogP contribution >= 0.6 is 0 Å². The van der Waals surface area contributed by atoms with Gasteiger partial charge in [-0.1, -0.05) is 32.1 Å². The van der Waals surface area contributed by atoms with E-state index in [1.807, 2.05) is 12.3 Å². The number of fused-ring (bicyclic) bond motifs is 1. The van der Waals surface area contributed by atoms with Crippen LogP contribution < -0.4 is 5.73 Å². The Hall–Kier alpha value is -1.31. The largest absolute Gasteiger partial charge is 0.384 e. The first-order chi connectivity index (χ1) is 6.66. The summed E-state index contributed by atoms with van der Waals surface area (Å²) >= 11 is 0. The van der Waals surface area contributed by atoms with Crippen LogP contribution in [0.15, 0.2) is 40.7 Å². The summed E-state index contributed by atoms with van der Waals surface area (Å²) in [6.45, 7) is 4.42. The molecule has 2 rings (SSSR count). The summed E-state index contributed by atoms with van der Waals surface area (Å²) in [7, 11) is 0. The molecule has 1 aliphatic heterocycles. The van der Waals surface area contributed by atoms with Crippen molar-refractivity contribution in [2.45, 2.75) is 13.8 Å². The van der Waals surface area contributed by atoms with Crippen molar-refractivity contribution < 1.29 is 0 Å². The van der Waals surface area contributed by atoms with E-state index < -0.39 is 0 Å². The van der Waals surface area contributed by atoms with Crippen LogP contribution in [0.5, 0.6) is 0 Å². The predicted molar refractivity (Wildman–Crippen MR) is 59.8 cm³/mol. The third-order valence-electron chi connectivity index (χ3n) is 2.77. The van der Waals surface area contributed by atoms with Crippen molar-refractivity contribution in [2.75, 3.05) is 0 Å². The van der Waals surface area contributed by atoms with Crippen molar-refractivity contribution in [3.05, 3.63) is 35.7 Å². The van der Waals surface area contributed by atoms with Gasteiger partial charge in [0.1, 0.15) is 5.82 Å². The van der Waals surface area contributed by atoms with E-state index in [9.17, 15) is 0 Å². The molecule has 0 bridgehead atoms. The Morgan fingerprint density at radius 1 is 1.29 bits per heavy atom. The standard InChI is InChI=1S/C12H16N2/c1-8(2)9-3-4-10-6-12(13)14-7-11(10)5-9/h3-8,10-11H,13H2,1-2H3. The van der Waals surface area contributed by atoms with Gasteiger partial charge in [-0.05, 0) is 17.6 Å². The summed E-state index contributed by atoms with van der Waals surface area (Å²) in [5.74, 6) is 2.04. The van der Waals surface area contributed by atoms with Crippen molar-refractivity contribution in [3.8, 4) is 0 Å². The molecule has 2 N–H and O–H groups in total. The number of hydrogen-bond acceptors (Lipinski definition) is 2. The Morgan fingerprint density at radius 2 is 2.07 bits per heavy atom. The van der Waals surface area contributed by atoms with Crippen molar-refractivity contribution in [1.82, 2.24) is 0 Å². The summed E-state index contributed by atoms with van der Waals surface area (Å²) in [5, 5.41) is 0. The van der Waals surface area contributed by atoms with Crippen molar-refractivity contribution in [3.63, 3.8) is 0 Å². The number of aliphatic imine (C=N–C) groups is 1. The van der Waals surface area contributed by atoms with Crippen LogP contribution in [-0.2, 0) is 0 Å². The molecule has 0 amide bonds. The van der Waals surface area contributed by atoms with E-state index >= 15 is 0 Å². The van der Waals surface area contributed by atoms with Crippen molar-refractivity contribution in [2.24, 2.45) is 28.5 Å². The van der Waals surface area contributed by atoms with Gasteiger partial charge in [0.25, 0.3) is 0 Å².